The second-order valence-electron chi connectivity index (χ2n) is 11.4. The molecule has 1 N–H and O–H groups in total. The number of amides is 1. The molecule has 2 atom stereocenters. The van der Waals surface area contributed by atoms with Crippen LogP contribution in [0.3, 0.4) is 0 Å². The molecule has 1 spiro atoms. The fourth-order valence-corrected chi connectivity index (χ4v) is 6.29. The van der Waals surface area contributed by atoms with E-state index < -0.39 is 0 Å². The van der Waals surface area contributed by atoms with E-state index >= 15 is 0 Å². The molecule has 1 saturated heterocycles. The number of nitrogens with zero attached hydrogens (tertiary/aromatic N) is 4. The quantitative estimate of drug-likeness (QED) is 0.702. The van der Waals surface area contributed by atoms with E-state index in [1.54, 1.807) is 4.68 Å². The van der Waals surface area contributed by atoms with Crippen molar-refractivity contribution in [2.24, 2.45) is 30.2 Å². The Hall–Kier alpha value is -1.95. The van der Waals surface area contributed by atoms with E-state index in [0.717, 1.165) is 47.4 Å². The first kappa shape index (κ1) is 21.9. The van der Waals surface area contributed by atoms with Crippen LogP contribution in [0.15, 0.2) is 18.2 Å². The molecule has 3 aliphatic rings. The molecular formula is C26H39N5O. The number of fused-ring (bicyclic) bond motifs is 1. The smallest absolute Gasteiger partial charge is 0.237 e. The summed E-state index contributed by atoms with van der Waals surface area (Å²) in [5.74, 6) is 2.31. The minimum Gasteiger partial charge on any atom is -0.351 e. The molecule has 3 fully saturated rings. The van der Waals surface area contributed by atoms with Gasteiger partial charge in [0.1, 0.15) is 5.52 Å². The van der Waals surface area contributed by atoms with Gasteiger partial charge in [-0.2, -0.15) is 0 Å². The lowest BCUT2D eigenvalue weighted by atomic mass is 9.76. The van der Waals surface area contributed by atoms with Crippen LogP contribution < -0.4 is 5.32 Å². The van der Waals surface area contributed by atoms with Gasteiger partial charge in [-0.05, 0) is 92.2 Å². The Labute approximate surface area is 192 Å². The molecule has 2 heterocycles. The number of aromatic nitrogens is 3. The third-order valence-corrected chi connectivity index (χ3v) is 8.32. The second-order valence-corrected chi connectivity index (χ2v) is 11.4. The number of rotatable bonds is 7. The maximum atomic E-state index is 13.2. The highest BCUT2D eigenvalue weighted by molar-refractivity contribution is 5.82. The maximum absolute atomic E-state index is 13.2. The lowest BCUT2D eigenvalue weighted by Crippen LogP contribution is -2.44. The molecule has 2 aromatic rings. The first-order chi connectivity index (χ1) is 15.4. The normalized spacial score (nSPS) is 25.8. The summed E-state index contributed by atoms with van der Waals surface area (Å²) in [5.41, 5.74) is 3.74. The van der Waals surface area contributed by atoms with E-state index in [1.807, 2.05) is 19.2 Å². The monoisotopic (exact) mass is 437 g/mol. The fourth-order valence-electron chi connectivity index (χ4n) is 6.29. The first-order valence-corrected chi connectivity index (χ1v) is 12.7. The number of hydrogen-bond acceptors (Lipinski definition) is 4. The van der Waals surface area contributed by atoms with Crippen LogP contribution in [0.1, 0.15) is 70.8 Å². The molecule has 0 radical (unpaired) electrons. The lowest BCUT2D eigenvalue weighted by Gasteiger charge is -2.30. The zero-order chi connectivity index (χ0) is 22.3. The molecule has 2 saturated carbocycles. The zero-order valence-corrected chi connectivity index (χ0v) is 20.0. The predicted octanol–water partition coefficient (Wildman–Crippen LogP) is 4.29. The van der Waals surface area contributed by atoms with E-state index in [1.165, 1.54) is 44.9 Å². The van der Waals surface area contributed by atoms with Crippen LogP contribution in [0.2, 0.25) is 0 Å². The van der Waals surface area contributed by atoms with Crippen LogP contribution in [-0.4, -0.2) is 44.9 Å². The van der Waals surface area contributed by atoms with Gasteiger partial charge < -0.3 is 5.32 Å². The van der Waals surface area contributed by atoms with Crippen LogP contribution in [0.5, 0.6) is 0 Å². The average molecular weight is 438 g/mol. The van der Waals surface area contributed by atoms with Gasteiger partial charge in [0.2, 0.25) is 5.91 Å². The minimum atomic E-state index is 0.0148. The van der Waals surface area contributed by atoms with Gasteiger partial charge in [-0.15, -0.1) is 5.10 Å². The van der Waals surface area contributed by atoms with Crippen molar-refractivity contribution >= 4 is 16.9 Å². The van der Waals surface area contributed by atoms with Gasteiger partial charge >= 0.3 is 0 Å². The molecule has 5 rings (SSSR count). The van der Waals surface area contributed by atoms with Crippen LogP contribution in [0.25, 0.3) is 11.0 Å². The van der Waals surface area contributed by atoms with Crippen LogP contribution in [0, 0.1) is 23.2 Å². The molecule has 1 aliphatic heterocycles. The van der Waals surface area contributed by atoms with Gasteiger partial charge in [0.15, 0.2) is 0 Å². The Morgan fingerprint density at radius 2 is 1.97 bits per heavy atom. The Morgan fingerprint density at radius 3 is 2.69 bits per heavy atom. The standard InChI is InChI=1S/C26H39N5O/c1-18(2)16-31-17-21(12-19-6-8-26(9-7-19)10-11-26)14-24(31)25(32)27-15-20-4-5-23-22(13-20)28-29-30(23)3/h4-5,13,18-19,21,24H,6-12,14-17H2,1-3H3,(H,27,32)/t21-,24+/m1/s1. The lowest BCUT2D eigenvalue weighted by molar-refractivity contribution is -0.125. The largest absolute Gasteiger partial charge is 0.351 e. The van der Waals surface area contributed by atoms with Crippen molar-refractivity contribution in [3.05, 3.63) is 23.8 Å². The number of aryl methyl sites for hydroxylation is 1. The van der Waals surface area contributed by atoms with Crippen LogP contribution >= 0.6 is 0 Å². The predicted molar refractivity (Wildman–Crippen MR) is 127 cm³/mol. The Bertz CT molecular complexity index is 952. The molecule has 2 aliphatic carbocycles. The summed E-state index contributed by atoms with van der Waals surface area (Å²) in [6.07, 6.45) is 11.1. The number of nitrogens with one attached hydrogen (secondary N) is 1. The first-order valence-electron chi connectivity index (χ1n) is 12.7. The van der Waals surface area contributed by atoms with E-state index in [0.29, 0.717) is 18.4 Å². The number of benzene rings is 1. The molecule has 1 aromatic carbocycles. The Balaban J connectivity index is 1.18. The minimum absolute atomic E-state index is 0.0148. The van der Waals surface area contributed by atoms with Gasteiger partial charge in [-0.1, -0.05) is 25.1 Å². The van der Waals surface area contributed by atoms with Gasteiger partial charge in [0, 0.05) is 26.7 Å². The summed E-state index contributed by atoms with van der Waals surface area (Å²) < 4.78 is 1.77. The molecule has 6 heteroatoms. The molecule has 0 unspecified atom stereocenters. The summed E-state index contributed by atoms with van der Waals surface area (Å²) in [5, 5.41) is 11.5. The van der Waals surface area contributed by atoms with Crippen molar-refractivity contribution in [3.63, 3.8) is 0 Å². The summed E-state index contributed by atoms with van der Waals surface area (Å²) in [7, 11) is 1.90. The van der Waals surface area contributed by atoms with Crippen molar-refractivity contribution in [1.82, 2.24) is 25.2 Å². The second kappa shape index (κ2) is 8.77. The number of hydrogen-bond donors (Lipinski definition) is 1. The SMILES string of the molecule is CC(C)CN1C[C@H](CC2CCC3(CC2)CC3)C[C@H]1C(=O)NCc1ccc2c(c1)nnn2C. The van der Waals surface area contributed by atoms with E-state index in [9.17, 15) is 4.79 Å². The summed E-state index contributed by atoms with van der Waals surface area (Å²) >= 11 is 0. The highest BCUT2D eigenvalue weighted by atomic mass is 16.2. The van der Waals surface area contributed by atoms with Crippen molar-refractivity contribution in [3.8, 4) is 0 Å². The van der Waals surface area contributed by atoms with E-state index in [4.69, 9.17) is 0 Å². The fraction of sp³-hybridized carbons (Fsp3) is 0.731. The molecule has 32 heavy (non-hydrogen) atoms. The van der Waals surface area contributed by atoms with Crippen LogP contribution in [0.4, 0.5) is 0 Å². The molecule has 6 nitrogen and oxygen atoms in total. The van der Waals surface area contributed by atoms with E-state index in [2.05, 4.69) is 40.4 Å². The van der Waals surface area contributed by atoms with Crippen molar-refractivity contribution in [2.75, 3.05) is 13.1 Å². The summed E-state index contributed by atoms with van der Waals surface area (Å²) in [6.45, 7) is 7.16. The van der Waals surface area contributed by atoms with Gasteiger partial charge in [0.25, 0.3) is 0 Å². The molecular weight excluding hydrogens is 398 g/mol. The molecule has 174 valence electrons. The zero-order valence-electron chi connectivity index (χ0n) is 20.0. The van der Waals surface area contributed by atoms with Gasteiger partial charge in [-0.3, -0.25) is 9.69 Å². The van der Waals surface area contributed by atoms with Crippen molar-refractivity contribution in [2.45, 2.75) is 77.8 Å². The van der Waals surface area contributed by atoms with Crippen molar-refractivity contribution in [1.29, 1.82) is 0 Å². The van der Waals surface area contributed by atoms with Gasteiger partial charge in [0.05, 0.1) is 11.6 Å². The van der Waals surface area contributed by atoms with Crippen LogP contribution in [-0.2, 0) is 18.4 Å². The maximum Gasteiger partial charge on any atom is 0.237 e. The summed E-state index contributed by atoms with van der Waals surface area (Å²) in [4.78, 5) is 15.7. The Kier molecular flexibility index (Phi) is 5.99. The third-order valence-electron chi connectivity index (χ3n) is 8.32. The van der Waals surface area contributed by atoms with Gasteiger partial charge in [-0.25, -0.2) is 4.68 Å². The summed E-state index contributed by atoms with van der Waals surface area (Å²) in [6, 6.07) is 6.14. The Morgan fingerprint density at radius 1 is 1.19 bits per heavy atom. The molecule has 1 aromatic heterocycles. The molecule has 1 amide bonds. The highest BCUT2D eigenvalue weighted by Crippen LogP contribution is 2.57. The van der Waals surface area contributed by atoms with Crippen molar-refractivity contribution < 1.29 is 4.79 Å². The highest BCUT2D eigenvalue weighted by Gasteiger charge is 2.45. The number of carbonyl (C=O) groups is 1. The number of likely N-dealkylation sites (tertiary alicyclic amines) is 1. The number of carbonyl (C=O) groups excluding carboxylic acids is 1. The third kappa shape index (κ3) is 4.70. The average Bonchev–Trinajstić information content (AvgIpc) is 3.26. The molecule has 0 bridgehead atoms. The van der Waals surface area contributed by atoms with E-state index in [-0.39, 0.29) is 11.9 Å². The topological polar surface area (TPSA) is 63.1 Å².